The van der Waals surface area contributed by atoms with Crippen molar-refractivity contribution in [2.75, 3.05) is 11.9 Å². The fraction of sp³-hybridized carbons (Fsp3) is 0.700. The van der Waals surface area contributed by atoms with E-state index in [9.17, 15) is 15.2 Å². The Kier molecular flexibility index (Phi) is 4.45. The van der Waals surface area contributed by atoms with Crippen molar-refractivity contribution in [1.82, 2.24) is 9.78 Å². The summed E-state index contributed by atoms with van der Waals surface area (Å²) in [6, 6.07) is 0. The highest BCUT2D eigenvalue weighted by molar-refractivity contribution is 5.59. The molecule has 0 aliphatic rings. The number of hydrogen-bond acceptors (Lipinski definition) is 5. The lowest BCUT2D eigenvalue weighted by Crippen LogP contribution is -2.20. The number of aromatic nitrogens is 2. The second kappa shape index (κ2) is 5.62. The van der Waals surface area contributed by atoms with Crippen LogP contribution in [0.4, 0.5) is 11.5 Å². The number of anilines is 1. The Morgan fingerprint density at radius 2 is 2.29 bits per heavy atom. The van der Waals surface area contributed by atoms with Gasteiger partial charge in [0, 0.05) is 13.6 Å². The highest BCUT2D eigenvalue weighted by Crippen LogP contribution is 2.27. The standard InChI is InChI=1S/C10H18N4O3/c1-4-5-8(15)6-11-10-9(14(16)17)7(2)12-13(10)3/h8,11,15H,4-6H2,1-3H3. The van der Waals surface area contributed by atoms with Gasteiger partial charge in [0.1, 0.15) is 5.69 Å². The lowest BCUT2D eigenvalue weighted by Gasteiger charge is -2.11. The summed E-state index contributed by atoms with van der Waals surface area (Å²) in [6.45, 7) is 3.85. The molecule has 1 heterocycles. The van der Waals surface area contributed by atoms with Gasteiger partial charge in [-0.3, -0.25) is 10.1 Å². The summed E-state index contributed by atoms with van der Waals surface area (Å²) >= 11 is 0. The molecule has 1 aromatic rings. The van der Waals surface area contributed by atoms with Crippen molar-refractivity contribution in [2.45, 2.75) is 32.8 Å². The third-order valence-electron chi connectivity index (χ3n) is 2.50. The van der Waals surface area contributed by atoms with E-state index in [1.807, 2.05) is 6.92 Å². The van der Waals surface area contributed by atoms with E-state index in [2.05, 4.69) is 10.4 Å². The van der Waals surface area contributed by atoms with E-state index < -0.39 is 11.0 Å². The topological polar surface area (TPSA) is 93.2 Å². The van der Waals surface area contributed by atoms with Gasteiger partial charge in [-0.05, 0) is 13.3 Å². The fourth-order valence-corrected chi connectivity index (χ4v) is 1.71. The highest BCUT2D eigenvalue weighted by Gasteiger charge is 2.23. The predicted molar refractivity (Wildman–Crippen MR) is 64.0 cm³/mol. The van der Waals surface area contributed by atoms with Crippen molar-refractivity contribution in [3.05, 3.63) is 15.8 Å². The van der Waals surface area contributed by atoms with Gasteiger partial charge >= 0.3 is 5.69 Å². The van der Waals surface area contributed by atoms with E-state index in [0.29, 0.717) is 17.9 Å². The first kappa shape index (κ1) is 13.4. The first-order valence-corrected chi connectivity index (χ1v) is 5.57. The number of nitrogens with zero attached hydrogens (tertiary/aromatic N) is 3. The third kappa shape index (κ3) is 3.16. The fourth-order valence-electron chi connectivity index (χ4n) is 1.71. The lowest BCUT2D eigenvalue weighted by molar-refractivity contribution is -0.384. The van der Waals surface area contributed by atoms with Crippen LogP contribution in [0, 0.1) is 17.0 Å². The zero-order valence-electron chi connectivity index (χ0n) is 10.3. The Morgan fingerprint density at radius 1 is 1.65 bits per heavy atom. The van der Waals surface area contributed by atoms with Crippen LogP contribution in [0.25, 0.3) is 0 Å². The van der Waals surface area contributed by atoms with Gasteiger partial charge in [-0.25, -0.2) is 4.68 Å². The minimum Gasteiger partial charge on any atom is -0.391 e. The molecule has 0 saturated carbocycles. The molecule has 1 atom stereocenters. The van der Waals surface area contributed by atoms with E-state index in [1.165, 1.54) is 4.68 Å². The first-order valence-electron chi connectivity index (χ1n) is 5.57. The summed E-state index contributed by atoms with van der Waals surface area (Å²) in [4.78, 5) is 10.4. The van der Waals surface area contributed by atoms with Crippen LogP contribution in [0.1, 0.15) is 25.5 Å². The molecular formula is C10H18N4O3. The van der Waals surface area contributed by atoms with E-state index in [-0.39, 0.29) is 12.2 Å². The van der Waals surface area contributed by atoms with E-state index in [0.717, 1.165) is 6.42 Å². The maximum absolute atomic E-state index is 10.9. The van der Waals surface area contributed by atoms with Gasteiger partial charge in [-0.15, -0.1) is 0 Å². The second-order valence-electron chi connectivity index (χ2n) is 3.99. The monoisotopic (exact) mass is 242 g/mol. The SMILES string of the molecule is CCCC(O)CNc1c([N+](=O)[O-])c(C)nn1C. The molecule has 0 aromatic carbocycles. The van der Waals surface area contributed by atoms with Gasteiger partial charge in [-0.1, -0.05) is 13.3 Å². The van der Waals surface area contributed by atoms with Gasteiger partial charge in [-0.2, -0.15) is 5.10 Å². The molecule has 2 N–H and O–H groups in total. The number of rotatable bonds is 6. The van der Waals surface area contributed by atoms with Gasteiger partial charge < -0.3 is 10.4 Å². The third-order valence-corrected chi connectivity index (χ3v) is 2.50. The number of aliphatic hydroxyl groups excluding tert-OH is 1. The quantitative estimate of drug-likeness (QED) is 0.577. The Bertz CT molecular complexity index is 403. The number of nitrogens with one attached hydrogen (secondary N) is 1. The molecule has 0 spiro atoms. The summed E-state index contributed by atoms with van der Waals surface area (Å²) in [5.74, 6) is 0.336. The molecule has 7 nitrogen and oxygen atoms in total. The summed E-state index contributed by atoms with van der Waals surface area (Å²) in [5, 5.41) is 27.3. The van der Waals surface area contributed by atoms with Crippen molar-refractivity contribution in [2.24, 2.45) is 7.05 Å². The highest BCUT2D eigenvalue weighted by atomic mass is 16.6. The molecule has 0 bridgehead atoms. The molecular weight excluding hydrogens is 224 g/mol. The maximum atomic E-state index is 10.9. The van der Waals surface area contributed by atoms with E-state index in [4.69, 9.17) is 0 Å². The minimum absolute atomic E-state index is 0.0313. The Balaban J connectivity index is 2.80. The van der Waals surface area contributed by atoms with Crippen molar-refractivity contribution < 1.29 is 10.0 Å². The van der Waals surface area contributed by atoms with Gasteiger partial charge in [0.05, 0.1) is 11.0 Å². The van der Waals surface area contributed by atoms with Crippen LogP contribution >= 0.6 is 0 Å². The smallest absolute Gasteiger partial charge is 0.333 e. The van der Waals surface area contributed by atoms with Crippen molar-refractivity contribution in [3.63, 3.8) is 0 Å². The predicted octanol–water partition coefficient (Wildman–Crippen LogP) is 1.21. The zero-order chi connectivity index (χ0) is 13.0. The van der Waals surface area contributed by atoms with Crippen LogP contribution in [0.3, 0.4) is 0 Å². The molecule has 1 rings (SSSR count). The molecule has 7 heteroatoms. The molecule has 0 amide bonds. The van der Waals surface area contributed by atoms with Crippen LogP contribution < -0.4 is 5.32 Å². The Labute approximate surface area is 99.6 Å². The number of hydrogen-bond donors (Lipinski definition) is 2. The van der Waals surface area contributed by atoms with Crippen LogP contribution in [-0.4, -0.2) is 32.5 Å². The van der Waals surface area contributed by atoms with Gasteiger partial charge in [0.2, 0.25) is 5.82 Å². The maximum Gasteiger partial charge on any atom is 0.333 e. The Morgan fingerprint density at radius 3 is 2.82 bits per heavy atom. The number of aryl methyl sites for hydroxylation is 2. The molecule has 1 aromatic heterocycles. The summed E-state index contributed by atoms with van der Waals surface area (Å²) in [5.41, 5.74) is 0.334. The molecule has 0 fully saturated rings. The van der Waals surface area contributed by atoms with Gasteiger partial charge in [0.25, 0.3) is 0 Å². The number of nitro groups is 1. The summed E-state index contributed by atoms with van der Waals surface area (Å²) in [7, 11) is 1.63. The van der Waals surface area contributed by atoms with Crippen LogP contribution in [-0.2, 0) is 7.05 Å². The lowest BCUT2D eigenvalue weighted by atomic mass is 10.2. The molecule has 0 aliphatic carbocycles. The van der Waals surface area contributed by atoms with E-state index in [1.54, 1.807) is 14.0 Å². The normalized spacial score (nSPS) is 12.5. The summed E-state index contributed by atoms with van der Waals surface area (Å²) in [6.07, 6.45) is 1.03. The van der Waals surface area contributed by atoms with Crippen LogP contribution in [0.15, 0.2) is 0 Å². The second-order valence-corrected chi connectivity index (χ2v) is 3.99. The van der Waals surface area contributed by atoms with Crippen molar-refractivity contribution >= 4 is 11.5 Å². The largest absolute Gasteiger partial charge is 0.391 e. The summed E-state index contributed by atoms with van der Waals surface area (Å²) < 4.78 is 1.42. The molecule has 96 valence electrons. The average Bonchev–Trinajstić information content (AvgIpc) is 2.50. The van der Waals surface area contributed by atoms with Gasteiger partial charge in [0.15, 0.2) is 0 Å². The first-order chi connectivity index (χ1) is 7.97. The zero-order valence-corrected chi connectivity index (χ0v) is 10.3. The molecule has 0 aliphatic heterocycles. The van der Waals surface area contributed by atoms with Crippen LogP contribution in [0.5, 0.6) is 0 Å². The minimum atomic E-state index is -0.505. The molecule has 1 unspecified atom stereocenters. The molecule has 0 radical (unpaired) electrons. The van der Waals surface area contributed by atoms with Crippen LogP contribution in [0.2, 0.25) is 0 Å². The molecule has 17 heavy (non-hydrogen) atoms. The average molecular weight is 242 g/mol. The van der Waals surface area contributed by atoms with Crippen molar-refractivity contribution in [1.29, 1.82) is 0 Å². The van der Waals surface area contributed by atoms with Crippen molar-refractivity contribution in [3.8, 4) is 0 Å². The Hall–Kier alpha value is -1.63. The molecule has 0 saturated heterocycles. The number of aliphatic hydroxyl groups is 1. The van der Waals surface area contributed by atoms with E-state index >= 15 is 0 Å².